The van der Waals surface area contributed by atoms with Gasteiger partial charge in [0.05, 0.1) is 0 Å². The van der Waals surface area contributed by atoms with E-state index in [4.69, 9.17) is 0 Å². The minimum Gasteiger partial charge on any atom is -0.386 e. The Morgan fingerprint density at radius 3 is 2.79 bits per heavy atom. The summed E-state index contributed by atoms with van der Waals surface area (Å²) in [5, 5.41) is 9.37. The van der Waals surface area contributed by atoms with E-state index < -0.39 is 0 Å². The molecule has 0 aromatic rings. The summed E-state index contributed by atoms with van der Waals surface area (Å²) in [5.41, 5.74) is 2.54. The van der Waals surface area contributed by atoms with Crippen LogP contribution in [0.2, 0.25) is 0 Å². The van der Waals surface area contributed by atoms with Gasteiger partial charge in [-0.2, -0.15) is 0 Å². The predicted molar refractivity (Wildman–Crippen MR) is 131 cm³/mol. The summed E-state index contributed by atoms with van der Waals surface area (Å²) in [6.07, 6.45) is 16.4. The van der Waals surface area contributed by atoms with Crippen LogP contribution in [0.3, 0.4) is 0 Å². The molecule has 2 unspecified atom stereocenters. The molecule has 4 atom stereocenters. The Hall–Kier alpha value is -2.76. The van der Waals surface area contributed by atoms with Gasteiger partial charge in [0.2, 0.25) is 5.91 Å². The molecule has 3 saturated carbocycles. The molecule has 5 rings (SSSR count). The first-order chi connectivity index (χ1) is 15.8. The third-order valence-corrected chi connectivity index (χ3v) is 8.08. The zero-order valence-electron chi connectivity index (χ0n) is 20.2. The Morgan fingerprint density at radius 1 is 1.27 bits per heavy atom. The molecule has 0 aromatic heterocycles. The molecule has 2 aliphatic heterocycles. The Kier molecular flexibility index (Phi) is 6.82. The molecular weight excluding hydrogens is 412 g/mol. The van der Waals surface area contributed by atoms with Crippen LogP contribution in [0.1, 0.15) is 52.9 Å². The fourth-order valence-corrected chi connectivity index (χ4v) is 5.89. The lowest BCUT2D eigenvalue weighted by atomic mass is 9.45. The lowest BCUT2D eigenvalue weighted by Crippen LogP contribution is -2.54. The maximum atomic E-state index is 13.1. The molecule has 6 nitrogen and oxygen atoms in total. The molecule has 178 valence electrons. The Balaban J connectivity index is 1.32. The van der Waals surface area contributed by atoms with E-state index in [9.17, 15) is 9.59 Å². The molecule has 6 heteroatoms. The summed E-state index contributed by atoms with van der Waals surface area (Å²) in [5.74, 6) is 2.00. The van der Waals surface area contributed by atoms with Crippen LogP contribution >= 0.6 is 0 Å². The van der Waals surface area contributed by atoms with Gasteiger partial charge in [0.15, 0.2) is 0 Å². The van der Waals surface area contributed by atoms with Gasteiger partial charge in [-0.3, -0.25) is 9.59 Å². The molecule has 3 N–H and O–H groups in total. The Labute approximate surface area is 197 Å². The monoisotopic (exact) mass is 450 g/mol. The molecule has 2 heterocycles. The van der Waals surface area contributed by atoms with Crippen molar-refractivity contribution in [2.75, 3.05) is 13.1 Å². The smallest absolute Gasteiger partial charge is 0.268 e. The standard InChI is InChI=1S/C27H38N4O2/c1-18(13-25(32)29-16-22-8-6-12-28-22)17-31-19(2)7-5-9-24(31)26(33)30-15-20-10-11-21-14-23(20)27(21,3)4/h5-7,9,12,17,20-23,28H,2,8,10-11,13-16H2,1,3-4H3,(H,29,32)(H,30,33)/b18-17+/t20-,21?,22?,23+/m0/s1. The van der Waals surface area contributed by atoms with Gasteiger partial charge in [0.1, 0.15) is 5.70 Å². The first kappa shape index (κ1) is 23.4. The molecule has 33 heavy (non-hydrogen) atoms. The predicted octanol–water partition coefficient (Wildman–Crippen LogP) is 3.73. The van der Waals surface area contributed by atoms with E-state index in [1.807, 2.05) is 37.6 Å². The van der Waals surface area contributed by atoms with E-state index in [2.05, 4.69) is 42.5 Å². The van der Waals surface area contributed by atoms with Crippen molar-refractivity contribution >= 4 is 11.8 Å². The van der Waals surface area contributed by atoms with Crippen LogP contribution in [0, 0.1) is 23.2 Å². The van der Waals surface area contributed by atoms with Crippen molar-refractivity contribution < 1.29 is 9.59 Å². The zero-order chi connectivity index (χ0) is 23.6. The number of carbonyl (C=O) groups is 2. The van der Waals surface area contributed by atoms with Gasteiger partial charge >= 0.3 is 0 Å². The van der Waals surface area contributed by atoms with E-state index >= 15 is 0 Å². The van der Waals surface area contributed by atoms with Crippen molar-refractivity contribution in [3.8, 4) is 0 Å². The molecule has 2 amide bonds. The maximum absolute atomic E-state index is 13.1. The zero-order valence-corrected chi connectivity index (χ0v) is 20.2. The lowest BCUT2D eigenvalue weighted by Gasteiger charge is -2.60. The highest BCUT2D eigenvalue weighted by Crippen LogP contribution is 2.61. The number of rotatable bonds is 8. The van der Waals surface area contributed by atoms with Gasteiger partial charge in [0.25, 0.3) is 5.91 Å². The summed E-state index contributed by atoms with van der Waals surface area (Å²) < 4.78 is 0. The number of amides is 2. The van der Waals surface area contributed by atoms with Crippen LogP contribution in [-0.2, 0) is 9.59 Å². The minimum absolute atomic E-state index is 0.0238. The third kappa shape index (κ3) is 5.10. The molecule has 3 aliphatic carbocycles. The lowest BCUT2D eigenvalue weighted by molar-refractivity contribution is -0.122. The first-order valence-electron chi connectivity index (χ1n) is 12.3. The molecule has 5 aliphatic rings. The highest BCUT2D eigenvalue weighted by molar-refractivity contribution is 5.94. The van der Waals surface area contributed by atoms with Crippen molar-refractivity contribution in [1.82, 2.24) is 20.9 Å². The average Bonchev–Trinajstić information content (AvgIpc) is 3.31. The molecule has 2 bridgehead atoms. The van der Waals surface area contributed by atoms with E-state index in [0.717, 1.165) is 24.5 Å². The second-order valence-corrected chi connectivity index (χ2v) is 10.6. The number of carbonyl (C=O) groups excluding carboxylic acids is 2. The van der Waals surface area contributed by atoms with E-state index in [0.29, 0.717) is 35.2 Å². The second-order valence-electron chi connectivity index (χ2n) is 10.6. The van der Waals surface area contributed by atoms with Crippen molar-refractivity contribution in [1.29, 1.82) is 0 Å². The van der Waals surface area contributed by atoms with Crippen molar-refractivity contribution in [2.45, 2.75) is 58.9 Å². The summed E-state index contributed by atoms with van der Waals surface area (Å²) in [7, 11) is 0. The third-order valence-electron chi connectivity index (χ3n) is 8.08. The SMILES string of the molecule is C=C1C=CC=C(C(=O)NC[C@@H]2CCC3C[C@H]2C3(C)C)N1/C=C(\C)CC(=O)NCC1CC=CN1. The number of nitrogens with one attached hydrogen (secondary N) is 3. The molecule has 3 fully saturated rings. The van der Waals surface area contributed by atoms with E-state index in [1.54, 1.807) is 4.90 Å². The quantitative estimate of drug-likeness (QED) is 0.527. The summed E-state index contributed by atoms with van der Waals surface area (Å²) in [4.78, 5) is 27.3. The fraction of sp³-hybridized carbons (Fsp3) is 0.556. The second kappa shape index (κ2) is 9.62. The van der Waals surface area contributed by atoms with Gasteiger partial charge in [-0.15, -0.1) is 0 Å². The average molecular weight is 451 g/mol. The van der Waals surface area contributed by atoms with Crippen LogP contribution < -0.4 is 16.0 Å². The topological polar surface area (TPSA) is 73.5 Å². The van der Waals surface area contributed by atoms with Gasteiger partial charge in [-0.1, -0.05) is 32.6 Å². The minimum atomic E-state index is -0.0898. The summed E-state index contributed by atoms with van der Waals surface area (Å²) in [6, 6.07) is 0.268. The highest BCUT2D eigenvalue weighted by atomic mass is 16.2. The van der Waals surface area contributed by atoms with Crippen LogP contribution in [0.5, 0.6) is 0 Å². The fourth-order valence-electron chi connectivity index (χ4n) is 5.89. The molecule has 0 aromatic carbocycles. The van der Waals surface area contributed by atoms with Crippen molar-refractivity contribution in [3.63, 3.8) is 0 Å². The Bertz CT molecular complexity index is 916. The largest absolute Gasteiger partial charge is 0.386 e. The maximum Gasteiger partial charge on any atom is 0.268 e. The summed E-state index contributed by atoms with van der Waals surface area (Å²) in [6.45, 7) is 12.1. The van der Waals surface area contributed by atoms with Crippen LogP contribution in [0.4, 0.5) is 0 Å². The van der Waals surface area contributed by atoms with Gasteiger partial charge < -0.3 is 20.9 Å². The number of nitrogens with zero attached hydrogens (tertiary/aromatic N) is 1. The molecular formula is C27H38N4O2. The molecule has 0 spiro atoms. The van der Waals surface area contributed by atoms with Gasteiger partial charge in [-0.05, 0) is 79.7 Å². The highest BCUT2D eigenvalue weighted by Gasteiger charge is 2.53. The van der Waals surface area contributed by atoms with Gasteiger partial charge in [0, 0.05) is 37.4 Å². The first-order valence-corrected chi connectivity index (χ1v) is 12.3. The Morgan fingerprint density at radius 2 is 2.09 bits per heavy atom. The van der Waals surface area contributed by atoms with Crippen LogP contribution in [0.25, 0.3) is 0 Å². The summed E-state index contributed by atoms with van der Waals surface area (Å²) >= 11 is 0. The van der Waals surface area contributed by atoms with Crippen molar-refractivity contribution in [2.24, 2.45) is 23.2 Å². The van der Waals surface area contributed by atoms with E-state index in [1.165, 1.54) is 19.3 Å². The molecule has 0 radical (unpaired) electrons. The van der Waals surface area contributed by atoms with Crippen molar-refractivity contribution in [3.05, 3.63) is 60.3 Å². The van der Waals surface area contributed by atoms with Crippen LogP contribution in [0.15, 0.2) is 60.3 Å². The molecule has 0 saturated heterocycles. The number of hydrogen-bond acceptors (Lipinski definition) is 4. The number of fused-ring (bicyclic) bond motifs is 2. The van der Waals surface area contributed by atoms with E-state index in [-0.39, 0.29) is 24.3 Å². The van der Waals surface area contributed by atoms with Gasteiger partial charge in [-0.25, -0.2) is 0 Å². The number of allylic oxidation sites excluding steroid dienone is 3. The normalized spacial score (nSPS) is 29.8. The van der Waals surface area contributed by atoms with Crippen LogP contribution in [-0.4, -0.2) is 35.8 Å². The number of hydrogen-bond donors (Lipinski definition) is 3.